The van der Waals surface area contributed by atoms with E-state index >= 15 is 0 Å². The fourth-order valence-electron chi connectivity index (χ4n) is 1.80. The van der Waals surface area contributed by atoms with Crippen LogP contribution in [0.5, 0.6) is 5.75 Å². The number of hydrogen-bond acceptors (Lipinski definition) is 4. The lowest BCUT2D eigenvalue weighted by Gasteiger charge is -2.08. The Morgan fingerprint density at radius 3 is 2.26 bits per heavy atom. The molecule has 0 bridgehead atoms. The van der Waals surface area contributed by atoms with Crippen LogP contribution >= 0.6 is 8.03 Å². The lowest BCUT2D eigenvalue weighted by molar-refractivity contribution is -0.160. The minimum Gasteiger partial charge on any atom is -0.591 e. The van der Waals surface area contributed by atoms with Gasteiger partial charge in [-0.2, -0.15) is 0 Å². The fourth-order valence-corrected chi connectivity index (χ4v) is 2.28. The molecular formula is C13H9O5P. The molecule has 0 saturated heterocycles. The predicted octanol–water partition coefficient (Wildman–Crippen LogP) is 1.49. The van der Waals surface area contributed by atoms with Gasteiger partial charge in [0.05, 0.1) is 0 Å². The molecule has 0 heterocycles. The third kappa shape index (κ3) is 2.47. The van der Waals surface area contributed by atoms with E-state index in [0.29, 0.717) is 5.56 Å². The SMILES string of the molecule is O=C(O)c1c(-c2ccccc2)ccc([P+](=O)[O-])c1O. The second-order valence-corrected chi connectivity index (χ2v) is 4.78. The Morgan fingerprint density at radius 1 is 1.11 bits per heavy atom. The van der Waals surface area contributed by atoms with Crippen LogP contribution in [0.4, 0.5) is 0 Å². The molecule has 2 aromatic carbocycles. The molecule has 2 rings (SSSR count). The number of rotatable bonds is 3. The third-order valence-electron chi connectivity index (χ3n) is 2.65. The number of carboxylic acids is 1. The van der Waals surface area contributed by atoms with E-state index in [0.717, 1.165) is 0 Å². The number of aromatic carboxylic acids is 1. The molecule has 0 aromatic heterocycles. The van der Waals surface area contributed by atoms with Gasteiger partial charge in [0.2, 0.25) is 5.30 Å². The Kier molecular flexibility index (Phi) is 3.60. The van der Waals surface area contributed by atoms with Crippen molar-refractivity contribution in [1.29, 1.82) is 0 Å². The lowest BCUT2D eigenvalue weighted by Crippen LogP contribution is -2.11. The van der Waals surface area contributed by atoms with Gasteiger partial charge in [-0.3, -0.25) is 0 Å². The van der Waals surface area contributed by atoms with E-state index in [4.69, 9.17) is 5.11 Å². The van der Waals surface area contributed by atoms with E-state index in [9.17, 15) is 19.4 Å². The molecule has 96 valence electrons. The van der Waals surface area contributed by atoms with Crippen molar-refractivity contribution >= 4 is 19.3 Å². The maximum absolute atomic E-state index is 11.2. The van der Waals surface area contributed by atoms with Crippen LogP contribution in [0.15, 0.2) is 42.5 Å². The van der Waals surface area contributed by atoms with E-state index in [1.807, 2.05) is 0 Å². The van der Waals surface area contributed by atoms with Gasteiger partial charge in [0.1, 0.15) is 5.56 Å². The second-order valence-electron chi connectivity index (χ2n) is 3.78. The molecule has 2 aromatic rings. The summed E-state index contributed by atoms with van der Waals surface area (Å²) in [5.41, 5.74) is 0.442. The minimum absolute atomic E-state index is 0.270. The number of benzene rings is 2. The first-order valence-corrected chi connectivity index (χ1v) is 6.49. The molecule has 1 unspecified atom stereocenters. The molecule has 0 spiro atoms. The maximum Gasteiger partial charge on any atom is 0.352 e. The van der Waals surface area contributed by atoms with Crippen molar-refractivity contribution in [2.75, 3.05) is 0 Å². The van der Waals surface area contributed by atoms with Gasteiger partial charge in [-0.05, 0) is 17.7 Å². The average Bonchev–Trinajstić information content (AvgIpc) is 2.38. The Balaban J connectivity index is 2.73. The summed E-state index contributed by atoms with van der Waals surface area (Å²) in [5.74, 6) is -2.11. The quantitative estimate of drug-likeness (QED) is 0.827. The maximum atomic E-state index is 11.2. The summed E-state index contributed by atoms with van der Waals surface area (Å²) >= 11 is 0. The van der Waals surface area contributed by atoms with E-state index in [2.05, 4.69) is 0 Å². The Labute approximate surface area is 109 Å². The van der Waals surface area contributed by atoms with Gasteiger partial charge in [0.15, 0.2) is 5.75 Å². The third-order valence-corrected chi connectivity index (χ3v) is 3.41. The first kappa shape index (κ1) is 13.2. The fraction of sp³-hybridized carbons (Fsp3) is 0. The zero-order valence-corrected chi connectivity index (χ0v) is 10.5. The van der Waals surface area contributed by atoms with Gasteiger partial charge in [-0.25, -0.2) is 4.79 Å². The molecule has 6 heteroatoms. The normalized spacial score (nSPS) is 11.1. The van der Waals surface area contributed by atoms with Gasteiger partial charge >= 0.3 is 14.0 Å². The molecule has 0 radical (unpaired) electrons. The van der Waals surface area contributed by atoms with E-state index in [-0.39, 0.29) is 5.56 Å². The van der Waals surface area contributed by atoms with E-state index in [1.165, 1.54) is 12.1 Å². The van der Waals surface area contributed by atoms with Crippen LogP contribution in [0, 0.1) is 0 Å². The van der Waals surface area contributed by atoms with Crippen molar-refractivity contribution in [3.05, 3.63) is 48.0 Å². The smallest absolute Gasteiger partial charge is 0.352 e. The molecule has 0 aliphatic rings. The molecule has 1 atom stereocenters. The second kappa shape index (κ2) is 5.18. The van der Waals surface area contributed by atoms with E-state index in [1.54, 1.807) is 30.3 Å². The van der Waals surface area contributed by atoms with Crippen LogP contribution in [0.3, 0.4) is 0 Å². The lowest BCUT2D eigenvalue weighted by atomic mass is 9.99. The topological polar surface area (TPSA) is 97.7 Å². The van der Waals surface area contributed by atoms with Crippen molar-refractivity contribution in [1.82, 2.24) is 0 Å². The largest absolute Gasteiger partial charge is 0.591 e. The standard InChI is InChI=1S/C13H9O5P/c14-12-10(19(17)18)7-6-9(11(12)13(15)16)8-4-2-1-3-5-8/h1-7,14H,(H,15,16). The van der Waals surface area contributed by atoms with Gasteiger partial charge in [-0.1, -0.05) is 34.9 Å². The summed E-state index contributed by atoms with van der Waals surface area (Å²) in [4.78, 5) is 22.2. The highest BCUT2D eigenvalue weighted by atomic mass is 31.1. The van der Waals surface area contributed by atoms with E-state index < -0.39 is 30.6 Å². The summed E-state index contributed by atoms with van der Waals surface area (Å²) in [6, 6.07) is 11.1. The Bertz CT molecular complexity index is 652. The predicted molar refractivity (Wildman–Crippen MR) is 67.7 cm³/mol. The first-order chi connectivity index (χ1) is 9.02. The molecule has 0 aliphatic heterocycles. The van der Waals surface area contributed by atoms with Crippen LogP contribution in [0.1, 0.15) is 10.4 Å². The summed E-state index contributed by atoms with van der Waals surface area (Å²) in [6.07, 6.45) is 0. The molecule has 0 aliphatic carbocycles. The minimum atomic E-state index is -3.05. The van der Waals surface area contributed by atoms with Crippen LogP contribution < -0.4 is 10.2 Å². The van der Waals surface area contributed by atoms with Gasteiger partial charge in [0, 0.05) is 5.56 Å². The van der Waals surface area contributed by atoms with Crippen molar-refractivity contribution < 1.29 is 24.5 Å². The van der Waals surface area contributed by atoms with Crippen LogP contribution in [0.25, 0.3) is 11.1 Å². The monoisotopic (exact) mass is 276 g/mol. The zero-order chi connectivity index (χ0) is 14.0. The highest BCUT2D eigenvalue weighted by Gasteiger charge is 2.25. The van der Waals surface area contributed by atoms with Crippen molar-refractivity contribution in [2.45, 2.75) is 0 Å². The first-order valence-electron chi connectivity index (χ1n) is 5.31. The average molecular weight is 276 g/mol. The van der Waals surface area contributed by atoms with Crippen molar-refractivity contribution in [2.24, 2.45) is 0 Å². The molecule has 19 heavy (non-hydrogen) atoms. The number of aromatic hydroxyl groups is 1. The summed E-state index contributed by atoms with van der Waals surface area (Å²) in [7, 11) is -3.05. The van der Waals surface area contributed by atoms with Crippen LogP contribution in [0.2, 0.25) is 0 Å². The number of phenols is 1. The Morgan fingerprint density at radius 2 is 1.74 bits per heavy atom. The number of carboxylic acid groups (broad SMARTS) is 1. The van der Waals surface area contributed by atoms with Gasteiger partial charge in [0.25, 0.3) is 0 Å². The summed E-state index contributed by atoms with van der Waals surface area (Å²) in [5, 5.41) is 18.6. The molecule has 2 N–H and O–H groups in total. The van der Waals surface area contributed by atoms with Crippen LogP contribution in [-0.4, -0.2) is 16.2 Å². The van der Waals surface area contributed by atoms with Gasteiger partial charge < -0.3 is 15.1 Å². The summed E-state index contributed by atoms with van der Waals surface area (Å²) in [6.45, 7) is 0. The molecule has 0 saturated carbocycles. The van der Waals surface area contributed by atoms with Gasteiger partial charge in [-0.15, -0.1) is 0 Å². The highest BCUT2D eigenvalue weighted by molar-refractivity contribution is 7.46. The molecule has 5 nitrogen and oxygen atoms in total. The zero-order valence-electron chi connectivity index (χ0n) is 9.61. The van der Waals surface area contributed by atoms with Crippen LogP contribution in [-0.2, 0) is 4.57 Å². The van der Waals surface area contributed by atoms with Crippen molar-refractivity contribution in [3.63, 3.8) is 0 Å². The molecule has 0 fully saturated rings. The summed E-state index contributed by atoms with van der Waals surface area (Å²) < 4.78 is 10.9. The molecular weight excluding hydrogens is 267 g/mol. The van der Waals surface area contributed by atoms with Crippen molar-refractivity contribution in [3.8, 4) is 16.9 Å². The number of hydrogen-bond donors (Lipinski definition) is 2. The highest BCUT2D eigenvalue weighted by Crippen LogP contribution is 2.31. The number of carbonyl (C=O) groups is 1. The molecule has 0 amide bonds. The Hall–Kier alpha value is -2.23.